The Morgan fingerprint density at radius 2 is 2.08 bits per heavy atom. The highest BCUT2D eigenvalue weighted by atomic mass is 35.5. The first-order valence-electron chi connectivity index (χ1n) is 8.26. The van der Waals surface area contributed by atoms with Crippen LogP contribution in [0.2, 0.25) is 5.15 Å². The number of thioether (sulfide) groups is 1. The number of carboxylic acid groups (broad SMARTS) is 1. The van der Waals surface area contributed by atoms with Crippen LogP contribution in [-0.4, -0.2) is 63.8 Å². The zero-order valence-electron chi connectivity index (χ0n) is 15.3. The van der Waals surface area contributed by atoms with Gasteiger partial charge in [-0.25, -0.2) is 14.8 Å². The van der Waals surface area contributed by atoms with Gasteiger partial charge in [0.15, 0.2) is 5.16 Å². The standard InChI is InChI=1S/C16H24ClN5O3S/c1-10-8-21(5-6-22(10)15(25)20-16(2,3)4)12-7-11(17)18-14(19-12)26-9-13(23)24/h7,10H,5-6,8-9H2,1-4H3,(H,20,25)(H,23,24)/p-1/t10-/m1/s1. The van der Waals surface area contributed by atoms with Crippen LogP contribution >= 0.6 is 23.4 Å². The Labute approximate surface area is 162 Å². The fourth-order valence-electron chi connectivity index (χ4n) is 2.60. The maximum atomic E-state index is 12.4. The molecule has 1 saturated heterocycles. The molecule has 2 rings (SSSR count). The van der Waals surface area contributed by atoms with Crippen molar-refractivity contribution in [3.05, 3.63) is 11.2 Å². The van der Waals surface area contributed by atoms with E-state index in [1.807, 2.05) is 32.6 Å². The topological polar surface area (TPSA) is 101 Å². The van der Waals surface area contributed by atoms with E-state index in [-0.39, 0.29) is 33.7 Å². The molecule has 1 aliphatic rings. The molecule has 1 atom stereocenters. The van der Waals surface area contributed by atoms with Crippen molar-refractivity contribution in [2.45, 2.75) is 44.4 Å². The number of piperazine rings is 1. The van der Waals surface area contributed by atoms with Gasteiger partial charge in [-0.15, -0.1) is 0 Å². The number of hydrogen-bond acceptors (Lipinski definition) is 7. The van der Waals surface area contributed by atoms with Gasteiger partial charge in [0.25, 0.3) is 0 Å². The minimum atomic E-state index is -1.19. The number of urea groups is 1. The average molecular weight is 401 g/mol. The molecule has 0 saturated carbocycles. The molecule has 0 unspecified atom stereocenters. The fraction of sp³-hybridized carbons (Fsp3) is 0.625. The molecule has 1 aromatic heterocycles. The third-order valence-electron chi connectivity index (χ3n) is 3.67. The highest BCUT2D eigenvalue weighted by molar-refractivity contribution is 7.99. The van der Waals surface area contributed by atoms with Gasteiger partial charge >= 0.3 is 6.03 Å². The quantitative estimate of drug-likeness (QED) is 0.456. The van der Waals surface area contributed by atoms with E-state index in [9.17, 15) is 14.7 Å². The number of amides is 2. The van der Waals surface area contributed by atoms with E-state index < -0.39 is 5.97 Å². The Morgan fingerprint density at radius 1 is 1.38 bits per heavy atom. The number of aromatic nitrogens is 2. The van der Waals surface area contributed by atoms with Gasteiger partial charge in [-0.2, -0.15) is 0 Å². The van der Waals surface area contributed by atoms with Gasteiger partial charge in [0, 0.05) is 43.0 Å². The summed E-state index contributed by atoms with van der Waals surface area (Å²) in [4.78, 5) is 35.2. The largest absolute Gasteiger partial charge is 0.549 e. The van der Waals surface area contributed by atoms with Crippen molar-refractivity contribution in [1.29, 1.82) is 0 Å². The third-order valence-corrected chi connectivity index (χ3v) is 4.69. The van der Waals surface area contributed by atoms with Crippen LogP contribution < -0.4 is 15.3 Å². The van der Waals surface area contributed by atoms with Crippen molar-refractivity contribution >= 4 is 41.2 Å². The van der Waals surface area contributed by atoms with Gasteiger partial charge in [0.1, 0.15) is 11.0 Å². The lowest BCUT2D eigenvalue weighted by Crippen LogP contribution is -2.59. The second-order valence-electron chi connectivity index (χ2n) is 7.16. The molecular formula is C16H23ClN5O3S-. The van der Waals surface area contributed by atoms with Crippen LogP contribution in [-0.2, 0) is 4.79 Å². The predicted octanol–water partition coefficient (Wildman–Crippen LogP) is 0.991. The van der Waals surface area contributed by atoms with E-state index >= 15 is 0 Å². The summed E-state index contributed by atoms with van der Waals surface area (Å²) in [5.74, 6) is -0.808. The summed E-state index contributed by atoms with van der Waals surface area (Å²) in [6, 6.07) is 1.54. The zero-order chi connectivity index (χ0) is 19.5. The number of nitrogens with zero attached hydrogens (tertiary/aromatic N) is 4. The first kappa shape index (κ1) is 20.6. The van der Waals surface area contributed by atoms with E-state index in [1.165, 1.54) is 0 Å². The molecule has 144 valence electrons. The average Bonchev–Trinajstić information content (AvgIpc) is 2.50. The molecule has 1 fully saturated rings. The Morgan fingerprint density at radius 3 is 2.65 bits per heavy atom. The van der Waals surface area contributed by atoms with Crippen LogP contribution in [0.25, 0.3) is 0 Å². The second-order valence-corrected chi connectivity index (χ2v) is 8.49. The van der Waals surface area contributed by atoms with Gasteiger partial charge in [0.2, 0.25) is 0 Å². The smallest absolute Gasteiger partial charge is 0.318 e. The Balaban J connectivity index is 2.06. The number of carboxylic acids is 1. The van der Waals surface area contributed by atoms with Gasteiger partial charge in [-0.3, -0.25) is 0 Å². The number of carbonyl (C=O) groups is 2. The number of anilines is 1. The van der Waals surface area contributed by atoms with Crippen LogP contribution in [0.5, 0.6) is 0 Å². The minimum absolute atomic E-state index is 0.0147. The number of rotatable bonds is 4. The monoisotopic (exact) mass is 400 g/mol. The predicted molar refractivity (Wildman–Crippen MR) is 99.4 cm³/mol. The van der Waals surface area contributed by atoms with Crippen molar-refractivity contribution in [3.8, 4) is 0 Å². The van der Waals surface area contributed by atoms with Crippen LogP contribution in [0.1, 0.15) is 27.7 Å². The van der Waals surface area contributed by atoms with Gasteiger partial charge in [0.05, 0.1) is 5.97 Å². The third kappa shape index (κ3) is 5.91. The van der Waals surface area contributed by atoms with E-state index in [4.69, 9.17) is 11.6 Å². The van der Waals surface area contributed by atoms with E-state index in [2.05, 4.69) is 15.3 Å². The molecule has 0 spiro atoms. The minimum Gasteiger partial charge on any atom is -0.549 e. The SMILES string of the molecule is C[C@@H]1CN(c2cc(Cl)nc(SCC(=O)[O-])n2)CCN1C(=O)NC(C)(C)C. The summed E-state index contributed by atoms with van der Waals surface area (Å²) in [7, 11) is 0. The summed E-state index contributed by atoms with van der Waals surface area (Å²) in [5.41, 5.74) is -0.292. The molecule has 2 heterocycles. The van der Waals surface area contributed by atoms with Gasteiger partial charge in [-0.1, -0.05) is 23.4 Å². The Hall–Kier alpha value is -1.74. The fourth-order valence-corrected chi connectivity index (χ4v) is 3.39. The van der Waals surface area contributed by atoms with E-state index in [1.54, 1.807) is 11.0 Å². The summed E-state index contributed by atoms with van der Waals surface area (Å²) in [6.07, 6.45) is 0. The molecule has 1 aliphatic heterocycles. The van der Waals surface area contributed by atoms with E-state index in [0.717, 1.165) is 11.8 Å². The summed E-state index contributed by atoms with van der Waals surface area (Å²) >= 11 is 7.01. The molecule has 1 aromatic rings. The number of halogens is 1. The molecule has 0 aliphatic carbocycles. The highest BCUT2D eigenvalue weighted by Gasteiger charge is 2.30. The lowest BCUT2D eigenvalue weighted by Gasteiger charge is -2.41. The molecule has 26 heavy (non-hydrogen) atoms. The molecule has 0 bridgehead atoms. The Bertz CT molecular complexity index is 682. The number of aliphatic carboxylic acids is 1. The summed E-state index contributed by atoms with van der Waals surface area (Å²) < 4.78 is 0. The van der Waals surface area contributed by atoms with Crippen LogP contribution in [0.15, 0.2) is 11.2 Å². The first-order chi connectivity index (χ1) is 12.0. The lowest BCUT2D eigenvalue weighted by atomic mass is 10.1. The van der Waals surface area contributed by atoms with Crippen molar-refractivity contribution in [2.24, 2.45) is 0 Å². The summed E-state index contributed by atoms with van der Waals surface area (Å²) in [6.45, 7) is 9.55. The molecule has 2 amide bonds. The zero-order valence-corrected chi connectivity index (χ0v) is 16.9. The molecule has 10 heteroatoms. The van der Waals surface area contributed by atoms with Crippen LogP contribution in [0, 0.1) is 0 Å². The highest BCUT2D eigenvalue weighted by Crippen LogP contribution is 2.24. The lowest BCUT2D eigenvalue weighted by molar-refractivity contribution is -0.301. The molecule has 1 N–H and O–H groups in total. The summed E-state index contributed by atoms with van der Waals surface area (Å²) in [5, 5.41) is 14.1. The normalized spacial score (nSPS) is 18.0. The molecule has 0 aromatic carbocycles. The van der Waals surface area contributed by atoms with Crippen molar-refractivity contribution in [3.63, 3.8) is 0 Å². The van der Waals surface area contributed by atoms with Crippen LogP contribution in [0.4, 0.5) is 10.6 Å². The maximum absolute atomic E-state index is 12.4. The van der Waals surface area contributed by atoms with Crippen LogP contribution in [0.3, 0.4) is 0 Å². The molecule has 8 nitrogen and oxygen atoms in total. The second kappa shape index (κ2) is 8.30. The number of nitrogens with one attached hydrogen (secondary N) is 1. The Kier molecular flexibility index (Phi) is 6.57. The number of carbonyl (C=O) groups excluding carboxylic acids is 2. The van der Waals surface area contributed by atoms with Crippen molar-refractivity contribution in [2.75, 3.05) is 30.3 Å². The first-order valence-corrected chi connectivity index (χ1v) is 9.62. The molecular weight excluding hydrogens is 378 g/mol. The molecule has 0 radical (unpaired) electrons. The van der Waals surface area contributed by atoms with Crippen molar-refractivity contribution in [1.82, 2.24) is 20.2 Å². The number of hydrogen-bond donors (Lipinski definition) is 1. The van der Waals surface area contributed by atoms with Gasteiger partial charge in [-0.05, 0) is 27.7 Å². The van der Waals surface area contributed by atoms with Gasteiger partial charge < -0.3 is 25.0 Å². The van der Waals surface area contributed by atoms with E-state index in [0.29, 0.717) is 25.5 Å². The van der Waals surface area contributed by atoms with Crippen molar-refractivity contribution < 1.29 is 14.7 Å². The maximum Gasteiger partial charge on any atom is 0.318 e.